The Labute approximate surface area is 161 Å². The predicted octanol–water partition coefficient (Wildman–Crippen LogP) is 4.55. The van der Waals surface area contributed by atoms with Gasteiger partial charge in [-0.2, -0.15) is 0 Å². The van der Waals surface area contributed by atoms with Gasteiger partial charge in [-0.05, 0) is 56.3 Å². The zero-order chi connectivity index (χ0) is 19.4. The zero-order valence-corrected chi connectivity index (χ0v) is 16.2. The Morgan fingerprint density at radius 3 is 2.48 bits per heavy atom. The van der Waals surface area contributed by atoms with E-state index in [1.165, 1.54) is 5.56 Å². The van der Waals surface area contributed by atoms with Gasteiger partial charge in [0.15, 0.2) is 0 Å². The first-order chi connectivity index (χ1) is 12.9. The molecule has 0 spiro atoms. The van der Waals surface area contributed by atoms with E-state index in [0.29, 0.717) is 5.56 Å². The first-order valence-corrected chi connectivity index (χ1v) is 9.31. The second kappa shape index (κ2) is 7.97. The van der Waals surface area contributed by atoms with Crippen molar-refractivity contribution >= 4 is 18.1 Å². The van der Waals surface area contributed by atoms with Gasteiger partial charge in [0.2, 0.25) is 0 Å². The number of hydrogen-bond donors (Lipinski definition) is 1. The summed E-state index contributed by atoms with van der Waals surface area (Å²) in [6.45, 7) is 4.06. The lowest BCUT2D eigenvalue weighted by molar-refractivity contribution is 0.0697. The number of ether oxygens (including phenoxy) is 1. The average molecular weight is 365 g/mol. The molecule has 1 aliphatic rings. The molecule has 0 saturated carbocycles. The number of carboxylic acids is 1. The maximum Gasteiger partial charge on any atom is 0.335 e. The molecule has 1 atom stereocenters. The highest BCUT2D eigenvalue weighted by atomic mass is 16.5. The second-order valence-corrected chi connectivity index (χ2v) is 7.77. The maximum atomic E-state index is 10.9. The van der Waals surface area contributed by atoms with E-state index in [-0.39, 0.29) is 5.41 Å². The van der Waals surface area contributed by atoms with E-state index in [1.54, 1.807) is 12.1 Å². The number of carbonyl (C=O) groups is 1. The quantitative estimate of drug-likeness (QED) is 0.790. The number of rotatable bonds is 5. The Morgan fingerprint density at radius 1 is 1.15 bits per heavy atom. The van der Waals surface area contributed by atoms with Crippen LogP contribution in [-0.2, 0) is 5.41 Å². The number of likely N-dealkylation sites (N-methyl/N-ethyl adjacent to an activating group) is 1. The van der Waals surface area contributed by atoms with Crippen LogP contribution in [0, 0.1) is 0 Å². The van der Waals surface area contributed by atoms with Gasteiger partial charge in [0.25, 0.3) is 0 Å². The molecule has 1 heterocycles. The Bertz CT molecular complexity index is 839. The van der Waals surface area contributed by atoms with Crippen LogP contribution in [0.3, 0.4) is 0 Å². The molecule has 0 saturated heterocycles. The van der Waals surface area contributed by atoms with Crippen molar-refractivity contribution in [3.63, 3.8) is 0 Å². The van der Waals surface area contributed by atoms with Gasteiger partial charge in [-0.15, -0.1) is 0 Å². The molecular formula is C23H27NO3. The summed E-state index contributed by atoms with van der Waals surface area (Å²) < 4.78 is 6.04. The number of aromatic carboxylic acids is 1. The largest absolute Gasteiger partial charge is 0.493 e. The van der Waals surface area contributed by atoms with Crippen molar-refractivity contribution in [3.8, 4) is 5.75 Å². The van der Waals surface area contributed by atoms with Crippen LogP contribution in [0.15, 0.2) is 42.5 Å². The second-order valence-electron chi connectivity index (χ2n) is 7.77. The number of benzene rings is 2. The highest BCUT2D eigenvalue weighted by Crippen LogP contribution is 2.39. The summed E-state index contributed by atoms with van der Waals surface area (Å²) in [5, 5.41) is 8.98. The predicted molar refractivity (Wildman–Crippen MR) is 109 cm³/mol. The van der Waals surface area contributed by atoms with Crippen molar-refractivity contribution < 1.29 is 14.6 Å². The first kappa shape index (κ1) is 19.2. The van der Waals surface area contributed by atoms with Gasteiger partial charge < -0.3 is 14.7 Å². The van der Waals surface area contributed by atoms with E-state index in [9.17, 15) is 4.79 Å². The van der Waals surface area contributed by atoms with Crippen LogP contribution < -0.4 is 4.74 Å². The Balaban J connectivity index is 1.84. The van der Waals surface area contributed by atoms with Gasteiger partial charge in [-0.1, -0.05) is 43.3 Å². The van der Waals surface area contributed by atoms with E-state index in [4.69, 9.17) is 9.84 Å². The zero-order valence-electron chi connectivity index (χ0n) is 16.2. The molecule has 3 rings (SSSR count). The number of fused-ring (bicyclic) bond motifs is 1. The van der Waals surface area contributed by atoms with Gasteiger partial charge in [0.05, 0.1) is 12.2 Å². The summed E-state index contributed by atoms with van der Waals surface area (Å²) in [4.78, 5) is 13.2. The number of hydrogen-bond acceptors (Lipinski definition) is 3. The lowest BCUT2D eigenvalue weighted by Gasteiger charge is -2.32. The third-order valence-corrected chi connectivity index (χ3v) is 5.08. The topological polar surface area (TPSA) is 49.8 Å². The molecule has 0 bridgehead atoms. The summed E-state index contributed by atoms with van der Waals surface area (Å²) in [6, 6.07) is 13.3. The highest BCUT2D eigenvalue weighted by Gasteiger charge is 2.32. The van der Waals surface area contributed by atoms with E-state index in [1.807, 2.05) is 24.3 Å². The number of nitrogens with zero attached hydrogens (tertiary/aromatic N) is 1. The lowest BCUT2D eigenvalue weighted by atomic mass is 9.78. The van der Waals surface area contributed by atoms with E-state index in [2.05, 4.69) is 44.1 Å². The molecule has 0 aliphatic carbocycles. The van der Waals surface area contributed by atoms with Crippen LogP contribution in [0.2, 0.25) is 0 Å². The molecule has 4 nitrogen and oxygen atoms in total. The van der Waals surface area contributed by atoms with E-state index >= 15 is 0 Å². The fourth-order valence-corrected chi connectivity index (χ4v) is 3.83. The molecule has 2 aromatic rings. The fraction of sp³-hybridized carbons (Fsp3) is 0.348. The van der Waals surface area contributed by atoms with Gasteiger partial charge in [0, 0.05) is 17.5 Å². The lowest BCUT2D eigenvalue weighted by Crippen LogP contribution is -2.34. The molecule has 4 heteroatoms. The van der Waals surface area contributed by atoms with Crippen molar-refractivity contribution in [3.05, 3.63) is 64.7 Å². The highest BCUT2D eigenvalue weighted by molar-refractivity contribution is 5.88. The summed E-state index contributed by atoms with van der Waals surface area (Å²) >= 11 is 0. The fourth-order valence-electron chi connectivity index (χ4n) is 3.83. The third kappa shape index (κ3) is 4.58. The Kier molecular flexibility index (Phi) is 5.66. The van der Waals surface area contributed by atoms with Gasteiger partial charge >= 0.3 is 5.97 Å². The van der Waals surface area contributed by atoms with E-state index < -0.39 is 5.97 Å². The Morgan fingerprint density at radius 2 is 1.81 bits per heavy atom. The van der Waals surface area contributed by atoms with Crippen molar-refractivity contribution in [2.45, 2.75) is 25.2 Å². The molecule has 0 aromatic heterocycles. The third-order valence-electron chi connectivity index (χ3n) is 5.08. The van der Waals surface area contributed by atoms with Crippen molar-refractivity contribution in [2.24, 2.45) is 0 Å². The van der Waals surface area contributed by atoms with Gasteiger partial charge in [-0.3, -0.25) is 0 Å². The number of carboxylic acid groups (broad SMARTS) is 1. The summed E-state index contributed by atoms with van der Waals surface area (Å²) in [5.74, 6) is 0.0643. The Hall–Kier alpha value is -2.59. The average Bonchev–Trinajstić information content (AvgIpc) is 2.78. The molecule has 1 unspecified atom stereocenters. The molecule has 0 amide bonds. The van der Waals surface area contributed by atoms with Gasteiger partial charge in [0.1, 0.15) is 5.75 Å². The minimum atomic E-state index is -0.908. The minimum Gasteiger partial charge on any atom is -0.493 e. The molecule has 1 aliphatic heterocycles. The van der Waals surface area contributed by atoms with Crippen molar-refractivity contribution in [2.75, 3.05) is 27.2 Å². The van der Waals surface area contributed by atoms with Gasteiger partial charge in [-0.25, -0.2) is 4.79 Å². The molecule has 27 heavy (non-hydrogen) atoms. The standard InChI is InChI=1S/C23H27NO3/c1-23(16-24(2)3)13-4-14-27-21-15-18(9-12-20(21)23)6-5-17-7-10-19(11-8-17)22(25)26/h5-12,15H,4,13-14,16H2,1-3H3,(H,25,26)/b6-5+. The summed E-state index contributed by atoms with van der Waals surface area (Å²) in [5.41, 5.74) is 3.70. The summed E-state index contributed by atoms with van der Waals surface area (Å²) in [7, 11) is 4.23. The van der Waals surface area contributed by atoms with Crippen LogP contribution in [0.4, 0.5) is 0 Å². The molecule has 0 fully saturated rings. The SMILES string of the molecule is CN(C)CC1(C)CCCOc2cc(/C=C/c3ccc(C(=O)O)cc3)ccc21. The van der Waals surface area contributed by atoms with Crippen molar-refractivity contribution in [1.29, 1.82) is 0 Å². The molecule has 2 aromatic carbocycles. The maximum absolute atomic E-state index is 10.9. The normalized spacial score (nSPS) is 19.6. The van der Waals surface area contributed by atoms with Crippen LogP contribution in [-0.4, -0.2) is 43.2 Å². The first-order valence-electron chi connectivity index (χ1n) is 9.31. The molecule has 1 N–H and O–H groups in total. The van der Waals surface area contributed by atoms with Crippen molar-refractivity contribution in [1.82, 2.24) is 4.90 Å². The monoisotopic (exact) mass is 365 g/mol. The van der Waals surface area contributed by atoms with E-state index in [0.717, 1.165) is 42.9 Å². The van der Waals surface area contributed by atoms with Crippen LogP contribution in [0.1, 0.15) is 46.8 Å². The summed E-state index contributed by atoms with van der Waals surface area (Å²) in [6.07, 6.45) is 6.19. The molecule has 0 radical (unpaired) electrons. The van der Waals surface area contributed by atoms with Crippen LogP contribution >= 0.6 is 0 Å². The minimum absolute atomic E-state index is 0.0875. The van der Waals surface area contributed by atoms with Crippen LogP contribution in [0.25, 0.3) is 12.2 Å². The molecule has 142 valence electrons. The smallest absolute Gasteiger partial charge is 0.335 e. The van der Waals surface area contributed by atoms with Crippen LogP contribution in [0.5, 0.6) is 5.75 Å². The molecular weight excluding hydrogens is 338 g/mol.